The molecule has 0 aliphatic heterocycles. The van der Waals surface area contributed by atoms with Gasteiger partial charge in [-0.2, -0.15) is 0 Å². The van der Waals surface area contributed by atoms with Crippen LogP contribution in [0.15, 0.2) is 53.7 Å². The number of amides is 1. The number of thioether (sulfide) groups is 1. The summed E-state index contributed by atoms with van der Waals surface area (Å²) < 4.78 is 21.3. The summed E-state index contributed by atoms with van der Waals surface area (Å²) in [5.41, 5.74) is 1.57. The summed E-state index contributed by atoms with van der Waals surface area (Å²) in [5, 5.41) is 12.0. The lowest BCUT2D eigenvalue weighted by atomic mass is 10.1. The number of aromatic nitrogens is 3. The van der Waals surface area contributed by atoms with E-state index >= 15 is 0 Å². The third-order valence-electron chi connectivity index (χ3n) is 4.92. The van der Waals surface area contributed by atoms with Crippen molar-refractivity contribution in [2.45, 2.75) is 30.5 Å². The lowest BCUT2D eigenvalue weighted by molar-refractivity contribution is -0.118. The van der Waals surface area contributed by atoms with Crippen molar-refractivity contribution in [2.75, 3.05) is 19.4 Å². The minimum Gasteiger partial charge on any atom is -0.497 e. The topological polar surface area (TPSA) is 69.0 Å². The zero-order chi connectivity index (χ0) is 20.9. The fourth-order valence-electron chi connectivity index (χ4n) is 3.18. The van der Waals surface area contributed by atoms with Crippen LogP contribution >= 0.6 is 11.8 Å². The van der Waals surface area contributed by atoms with Crippen LogP contribution in [0.1, 0.15) is 24.4 Å². The normalized spacial score (nSPS) is 13.3. The Labute approximate surface area is 178 Å². The Balaban J connectivity index is 1.33. The van der Waals surface area contributed by atoms with Crippen LogP contribution in [0.2, 0.25) is 0 Å². The average Bonchev–Trinajstić information content (AvgIpc) is 3.52. The van der Waals surface area contributed by atoms with Gasteiger partial charge in [-0.3, -0.25) is 9.36 Å². The first-order valence-corrected chi connectivity index (χ1v) is 10.9. The van der Waals surface area contributed by atoms with Crippen molar-refractivity contribution in [3.05, 3.63) is 59.9 Å². The van der Waals surface area contributed by atoms with Gasteiger partial charge in [-0.15, -0.1) is 10.2 Å². The molecule has 1 aromatic heterocycles. The number of nitrogens with one attached hydrogen (secondary N) is 1. The highest BCUT2D eigenvalue weighted by molar-refractivity contribution is 7.99. The van der Waals surface area contributed by atoms with Crippen molar-refractivity contribution in [1.29, 1.82) is 0 Å². The maximum Gasteiger partial charge on any atom is 0.230 e. The maximum atomic E-state index is 14.2. The number of hydrogen-bond donors (Lipinski definition) is 1. The van der Waals surface area contributed by atoms with Crippen molar-refractivity contribution < 1.29 is 13.9 Å². The average molecular weight is 427 g/mol. The smallest absolute Gasteiger partial charge is 0.230 e. The molecule has 1 aliphatic rings. The summed E-state index contributed by atoms with van der Waals surface area (Å²) >= 11 is 1.33. The highest BCUT2D eigenvalue weighted by Gasteiger charge is 2.31. The molecule has 6 nitrogen and oxygen atoms in total. The van der Waals surface area contributed by atoms with Crippen molar-refractivity contribution >= 4 is 17.7 Å². The fraction of sp³-hybridized carbons (Fsp3) is 0.318. The van der Waals surface area contributed by atoms with E-state index in [1.54, 1.807) is 25.3 Å². The monoisotopic (exact) mass is 426 g/mol. The van der Waals surface area contributed by atoms with E-state index in [9.17, 15) is 9.18 Å². The summed E-state index contributed by atoms with van der Waals surface area (Å²) in [5.74, 6) is 1.20. The Morgan fingerprint density at radius 2 is 1.97 bits per heavy atom. The van der Waals surface area contributed by atoms with Gasteiger partial charge in [0.15, 0.2) is 11.0 Å². The van der Waals surface area contributed by atoms with E-state index < -0.39 is 0 Å². The lowest BCUT2D eigenvalue weighted by Gasteiger charge is -2.09. The molecule has 1 saturated carbocycles. The van der Waals surface area contributed by atoms with Crippen LogP contribution in [0, 0.1) is 5.82 Å². The van der Waals surface area contributed by atoms with E-state index in [1.165, 1.54) is 17.8 Å². The van der Waals surface area contributed by atoms with E-state index in [-0.39, 0.29) is 23.5 Å². The molecule has 30 heavy (non-hydrogen) atoms. The van der Waals surface area contributed by atoms with Crippen LogP contribution in [0.25, 0.3) is 11.4 Å². The first kappa shape index (κ1) is 20.4. The maximum absolute atomic E-state index is 14.2. The molecule has 1 heterocycles. The Hall–Kier alpha value is -2.87. The number of halogens is 1. The molecule has 0 unspecified atom stereocenters. The predicted molar refractivity (Wildman–Crippen MR) is 114 cm³/mol. The van der Waals surface area contributed by atoms with Gasteiger partial charge in [0.05, 0.1) is 18.4 Å². The van der Waals surface area contributed by atoms with Gasteiger partial charge in [-0.05, 0) is 49.1 Å². The molecule has 0 bridgehead atoms. The number of nitrogens with zero attached hydrogens (tertiary/aromatic N) is 3. The van der Waals surface area contributed by atoms with E-state index in [0.29, 0.717) is 23.1 Å². The standard InChI is InChI=1S/C22H23FN4O2S/c1-29-17-10-6-15(7-11-17)12-13-24-20(28)14-30-22-26-25-21(27(22)16-8-9-16)18-4-2-3-5-19(18)23/h2-7,10-11,16H,8-9,12-14H2,1H3,(H,24,28). The lowest BCUT2D eigenvalue weighted by Crippen LogP contribution is -2.27. The van der Waals surface area contributed by atoms with E-state index in [1.807, 2.05) is 28.8 Å². The van der Waals surface area contributed by atoms with Crippen molar-refractivity contribution in [1.82, 2.24) is 20.1 Å². The number of carbonyl (C=O) groups excluding carboxylic acids is 1. The van der Waals surface area contributed by atoms with Crippen LogP contribution in [0.4, 0.5) is 4.39 Å². The van der Waals surface area contributed by atoms with E-state index in [2.05, 4.69) is 15.5 Å². The van der Waals surface area contributed by atoms with Gasteiger partial charge in [-0.25, -0.2) is 4.39 Å². The summed E-state index contributed by atoms with van der Waals surface area (Å²) in [4.78, 5) is 12.3. The van der Waals surface area contributed by atoms with Gasteiger partial charge in [0, 0.05) is 12.6 Å². The Kier molecular flexibility index (Phi) is 6.32. The second-order valence-electron chi connectivity index (χ2n) is 7.12. The number of methoxy groups -OCH3 is 1. The minimum absolute atomic E-state index is 0.0636. The Morgan fingerprint density at radius 3 is 2.67 bits per heavy atom. The van der Waals surface area contributed by atoms with Gasteiger partial charge in [-0.1, -0.05) is 36.0 Å². The minimum atomic E-state index is -0.320. The molecule has 3 aromatic rings. The van der Waals surface area contributed by atoms with Crippen LogP contribution in [0.5, 0.6) is 5.75 Å². The highest BCUT2D eigenvalue weighted by Crippen LogP contribution is 2.41. The Morgan fingerprint density at radius 1 is 1.20 bits per heavy atom. The van der Waals surface area contributed by atoms with Crippen LogP contribution < -0.4 is 10.1 Å². The predicted octanol–water partition coefficient (Wildman–Crippen LogP) is 3.88. The zero-order valence-corrected chi connectivity index (χ0v) is 17.5. The number of hydrogen-bond acceptors (Lipinski definition) is 5. The molecular formula is C22H23FN4O2S. The summed E-state index contributed by atoms with van der Waals surface area (Å²) in [6, 6.07) is 14.6. The summed E-state index contributed by atoms with van der Waals surface area (Å²) in [6.07, 6.45) is 2.78. The summed E-state index contributed by atoms with van der Waals surface area (Å²) in [7, 11) is 1.64. The summed E-state index contributed by atoms with van der Waals surface area (Å²) in [6.45, 7) is 0.557. The third-order valence-corrected chi connectivity index (χ3v) is 5.86. The molecule has 1 N–H and O–H groups in total. The quantitative estimate of drug-likeness (QED) is 0.526. The fourth-order valence-corrected chi connectivity index (χ4v) is 4.02. The van der Waals surface area contributed by atoms with Gasteiger partial charge in [0.1, 0.15) is 11.6 Å². The molecule has 0 saturated heterocycles. The van der Waals surface area contributed by atoms with Crippen LogP contribution in [-0.4, -0.2) is 40.1 Å². The Bertz CT molecular complexity index is 1020. The molecule has 2 aromatic carbocycles. The SMILES string of the molecule is COc1ccc(CCNC(=O)CSc2nnc(-c3ccccc3F)n2C2CC2)cc1. The number of carbonyl (C=O) groups is 1. The zero-order valence-electron chi connectivity index (χ0n) is 16.7. The van der Waals surface area contributed by atoms with Crippen LogP contribution in [0.3, 0.4) is 0 Å². The molecule has 1 fully saturated rings. The molecule has 0 atom stereocenters. The van der Waals surface area contributed by atoms with Gasteiger partial charge < -0.3 is 10.1 Å². The molecule has 0 radical (unpaired) electrons. The van der Waals surface area contributed by atoms with Gasteiger partial charge in [0.2, 0.25) is 5.91 Å². The largest absolute Gasteiger partial charge is 0.497 e. The highest BCUT2D eigenvalue weighted by atomic mass is 32.2. The molecule has 8 heteroatoms. The number of rotatable bonds is 9. The third kappa shape index (κ3) is 4.81. The molecule has 4 rings (SSSR count). The van der Waals surface area contributed by atoms with Crippen molar-refractivity contribution in [3.8, 4) is 17.1 Å². The van der Waals surface area contributed by atoms with E-state index in [0.717, 1.165) is 30.6 Å². The van der Waals surface area contributed by atoms with E-state index in [4.69, 9.17) is 4.74 Å². The van der Waals surface area contributed by atoms with Gasteiger partial charge >= 0.3 is 0 Å². The molecule has 1 amide bonds. The second-order valence-corrected chi connectivity index (χ2v) is 8.07. The molecule has 156 valence electrons. The second kappa shape index (κ2) is 9.30. The first-order chi connectivity index (χ1) is 14.7. The van der Waals surface area contributed by atoms with Crippen molar-refractivity contribution in [3.63, 3.8) is 0 Å². The first-order valence-electron chi connectivity index (χ1n) is 9.88. The molecular weight excluding hydrogens is 403 g/mol. The number of benzene rings is 2. The van der Waals surface area contributed by atoms with Gasteiger partial charge in [0.25, 0.3) is 0 Å². The van der Waals surface area contributed by atoms with Crippen LogP contribution in [-0.2, 0) is 11.2 Å². The number of ether oxygens (including phenoxy) is 1. The molecule has 0 spiro atoms. The van der Waals surface area contributed by atoms with Crippen molar-refractivity contribution in [2.24, 2.45) is 0 Å². The molecule has 1 aliphatic carbocycles.